The first kappa shape index (κ1) is 23.0. The van der Waals surface area contributed by atoms with E-state index in [-0.39, 0.29) is 18.1 Å². The molecule has 0 fully saturated rings. The Kier molecular flexibility index (Phi) is 6.24. The van der Waals surface area contributed by atoms with Gasteiger partial charge in [0.25, 0.3) is 5.91 Å². The standard InChI is InChI=1S/C20H18ClF3N4O2S/c1-9-16-10(2)25-11(3)26-18(16)31-17(9)19(30)28(4)8-15(29)27-12-5-6-14(21)13(7-12)20(22,23)24/h5-7H,8H2,1-4H3,(H,27,29). The van der Waals surface area contributed by atoms with Crippen LogP contribution < -0.4 is 5.32 Å². The molecular formula is C20H18ClF3N4O2S. The normalized spacial score (nSPS) is 11.6. The molecule has 164 valence electrons. The zero-order chi connectivity index (χ0) is 23.1. The van der Waals surface area contributed by atoms with Gasteiger partial charge in [-0.1, -0.05) is 11.6 Å². The number of thiophene rings is 1. The molecule has 0 aliphatic rings. The summed E-state index contributed by atoms with van der Waals surface area (Å²) in [5.41, 5.74) is 0.368. The quantitative estimate of drug-likeness (QED) is 0.582. The summed E-state index contributed by atoms with van der Waals surface area (Å²) in [5, 5.41) is 2.70. The minimum atomic E-state index is -4.65. The van der Waals surface area contributed by atoms with Crippen LogP contribution in [0, 0.1) is 20.8 Å². The molecule has 0 aliphatic carbocycles. The number of carbonyl (C=O) groups is 2. The van der Waals surface area contributed by atoms with E-state index in [9.17, 15) is 22.8 Å². The van der Waals surface area contributed by atoms with E-state index in [2.05, 4.69) is 15.3 Å². The van der Waals surface area contributed by atoms with Gasteiger partial charge in [0.1, 0.15) is 10.7 Å². The predicted molar refractivity (Wildman–Crippen MR) is 114 cm³/mol. The molecule has 0 saturated carbocycles. The molecule has 2 aromatic heterocycles. The molecule has 0 bridgehead atoms. The molecule has 11 heteroatoms. The Hall–Kier alpha value is -2.72. The highest BCUT2D eigenvalue weighted by molar-refractivity contribution is 7.20. The van der Waals surface area contributed by atoms with Crippen molar-refractivity contribution in [2.45, 2.75) is 26.9 Å². The first-order valence-electron chi connectivity index (χ1n) is 9.05. The Morgan fingerprint density at radius 3 is 2.52 bits per heavy atom. The van der Waals surface area contributed by atoms with E-state index in [4.69, 9.17) is 11.6 Å². The van der Waals surface area contributed by atoms with Crippen LogP contribution in [0.5, 0.6) is 0 Å². The molecule has 1 aromatic carbocycles. The summed E-state index contributed by atoms with van der Waals surface area (Å²) in [7, 11) is 1.44. The van der Waals surface area contributed by atoms with Crippen molar-refractivity contribution < 1.29 is 22.8 Å². The highest BCUT2D eigenvalue weighted by Crippen LogP contribution is 2.36. The molecular weight excluding hydrogens is 453 g/mol. The molecule has 0 unspecified atom stereocenters. The molecule has 31 heavy (non-hydrogen) atoms. The number of anilines is 1. The molecule has 0 aliphatic heterocycles. The number of nitrogens with zero attached hydrogens (tertiary/aromatic N) is 3. The van der Waals surface area contributed by atoms with E-state index >= 15 is 0 Å². The van der Waals surface area contributed by atoms with Gasteiger partial charge in [0.2, 0.25) is 5.91 Å². The van der Waals surface area contributed by atoms with Crippen LogP contribution in [0.4, 0.5) is 18.9 Å². The average Bonchev–Trinajstić information content (AvgIpc) is 2.98. The van der Waals surface area contributed by atoms with E-state index < -0.39 is 22.7 Å². The van der Waals surface area contributed by atoms with Crippen molar-refractivity contribution in [1.29, 1.82) is 0 Å². The summed E-state index contributed by atoms with van der Waals surface area (Å²) >= 11 is 6.80. The third kappa shape index (κ3) is 4.80. The molecule has 1 N–H and O–H groups in total. The Labute approximate surface area is 185 Å². The van der Waals surface area contributed by atoms with Crippen molar-refractivity contribution in [2.75, 3.05) is 18.9 Å². The SMILES string of the molecule is Cc1nc(C)c2c(C)c(C(=O)N(C)CC(=O)Nc3ccc(Cl)c(C(F)(F)F)c3)sc2n1. The molecule has 2 amide bonds. The second-order valence-corrected chi connectivity index (χ2v) is 8.40. The molecule has 0 atom stereocenters. The van der Waals surface area contributed by atoms with Gasteiger partial charge in [-0.05, 0) is 44.5 Å². The van der Waals surface area contributed by atoms with Crippen LogP contribution in [0.1, 0.15) is 32.3 Å². The van der Waals surface area contributed by atoms with Gasteiger partial charge in [-0.25, -0.2) is 9.97 Å². The monoisotopic (exact) mass is 470 g/mol. The number of alkyl halides is 3. The zero-order valence-corrected chi connectivity index (χ0v) is 18.6. The third-order valence-electron chi connectivity index (χ3n) is 4.56. The van der Waals surface area contributed by atoms with Crippen LogP contribution in [-0.2, 0) is 11.0 Å². The van der Waals surface area contributed by atoms with Gasteiger partial charge in [-0.15, -0.1) is 11.3 Å². The van der Waals surface area contributed by atoms with Crippen molar-refractivity contribution in [1.82, 2.24) is 14.9 Å². The minimum Gasteiger partial charge on any atom is -0.332 e. The number of aryl methyl sites for hydroxylation is 3. The van der Waals surface area contributed by atoms with Crippen molar-refractivity contribution in [3.8, 4) is 0 Å². The van der Waals surface area contributed by atoms with Crippen molar-refractivity contribution >= 4 is 50.7 Å². The van der Waals surface area contributed by atoms with Crippen molar-refractivity contribution in [3.05, 3.63) is 50.7 Å². The second kappa shape index (κ2) is 8.43. The van der Waals surface area contributed by atoms with Gasteiger partial charge in [0.15, 0.2) is 0 Å². The van der Waals surface area contributed by atoms with E-state index in [1.807, 2.05) is 6.92 Å². The highest BCUT2D eigenvalue weighted by atomic mass is 35.5. The molecule has 6 nitrogen and oxygen atoms in total. The minimum absolute atomic E-state index is 0.0676. The second-order valence-electron chi connectivity index (χ2n) is 6.99. The molecule has 0 spiro atoms. The summed E-state index contributed by atoms with van der Waals surface area (Å²) in [4.78, 5) is 36.2. The number of nitrogens with one attached hydrogen (secondary N) is 1. The van der Waals surface area contributed by atoms with Gasteiger partial charge in [0, 0.05) is 23.8 Å². The number of fused-ring (bicyclic) bond motifs is 1. The number of halogens is 4. The number of carbonyl (C=O) groups excluding carboxylic acids is 2. The van der Waals surface area contributed by atoms with E-state index in [0.717, 1.165) is 28.8 Å². The smallest absolute Gasteiger partial charge is 0.332 e. The number of likely N-dealkylation sites (N-methyl/N-ethyl adjacent to an activating group) is 1. The average molecular weight is 471 g/mol. The predicted octanol–water partition coefficient (Wildman–Crippen LogP) is 5.00. The Morgan fingerprint density at radius 1 is 1.19 bits per heavy atom. The first-order chi connectivity index (χ1) is 14.4. The summed E-state index contributed by atoms with van der Waals surface area (Å²) in [5.74, 6) is -0.434. The van der Waals surface area contributed by atoms with Crippen molar-refractivity contribution in [3.63, 3.8) is 0 Å². The number of hydrogen-bond acceptors (Lipinski definition) is 5. The molecule has 3 rings (SSSR count). The zero-order valence-electron chi connectivity index (χ0n) is 17.0. The topological polar surface area (TPSA) is 75.2 Å². The molecule has 0 saturated heterocycles. The lowest BCUT2D eigenvalue weighted by molar-refractivity contribution is -0.137. The fourth-order valence-electron chi connectivity index (χ4n) is 3.16. The lowest BCUT2D eigenvalue weighted by Gasteiger charge is -2.17. The molecule has 3 aromatic rings. The summed E-state index contributed by atoms with van der Waals surface area (Å²) in [6.45, 7) is 5.04. The van der Waals surface area contributed by atoms with Crippen LogP contribution >= 0.6 is 22.9 Å². The van der Waals surface area contributed by atoms with Crippen molar-refractivity contribution in [2.24, 2.45) is 0 Å². The lowest BCUT2D eigenvalue weighted by atomic mass is 10.1. The molecule has 2 heterocycles. The maximum atomic E-state index is 13.0. The van der Waals surface area contributed by atoms with E-state index in [1.54, 1.807) is 13.8 Å². The van der Waals surface area contributed by atoms with Gasteiger partial charge in [-0.3, -0.25) is 9.59 Å². The Bertz CT molecular complexity index is 1190. The van der Waals surface area contributed by atoms with Gasteiger partial charge >= 0.3 is 6.18 Å². The number of aromatic nitrogens is 2. The van der Waals surface area contributed by atoms with Gasteiger partial charge in [-0.2, -0.15) is 13.2 Å². The number of hydrogen-bond donors (Lipinski definition) is 1. The van der Waals surface area contributed by atoms with Crippen LogP contribution in [0.25, 0.3) is 10.2 Å². The van der Waals surface area contributed by atoms with E-state index in [1.165, 1.54) is 29.4 Å². The fourth-order valence-corrected chi connectivity index (χ4v) is 4.66. The number of amides is 2. The maximum absolute atomic E-state index is 13.0. The number of rotatable bonds is 4. The first-order valence-corrected chi connectivity index (χ1v) is 10.2. The van der Waals surface area contributed by atoms with Crippen LogP contribution in [0.2, 0.25) is 5.02 Å². The molecule has 0 radical (unpaired) electrons. The van der Waals surface area contributed by atoms with Gasteiger partial charge in [0.05, 0.1) is 22.0 Å². The Balaban J connectivity index is 1.76. The van der Waals surface area contributed by atoms with Crippen LogP contribution in [0.15, 0.2) is 18.2 Å². The largest absolute Gasteiger partial charge is 0.417 e. The number of benzene rings is 1. The van der Waals surface area contributed by atoms with E-state index in [0.29, 0.717) is 15.5 Å². The Morgan fingerprint density at radius 2 is 1.87 bits per heavy atom. The highest BCUT2D eigenvalue weighted by Gasteiger charge is 2.33. The lowest BCUT2D eigenvalue weighted by Crippen LogP contribution is -2.34. The summed E-state index contributed by atoms with van der Waals surface area (Å²) in [6, 6.07) is 3.07. The summed E-state index contributed by atoms with van der Waals surface area (Å²) in [6.07, 6.45) is -4.65. The maximum Gasteiger partial charge on any atom is 0.417 e. The van der Waals surface area contributed by atoms with Crippen LogP contribution in [-0.4, -0.2) is 40.3 Å². The third-order valence-corrected chi connectivity index (χ3v) is 6.06. The van der Waals surface area contributed by atoms with Gasteiger partial charge < -0.3 is 10.2 Å². The summed E-state index contributed by atoms with van der Waals surface area (Å²) < 4.78 is 39.0. The van der Waals surface area contributed by atoms with Crippen LogP contribution in [0.3, 0.4) is 0 Å². The fraction of sp³-hybridized carbons (Fsp3) is 0.300.